The standard InChI is InChI=1S/C32H37ClF2N4O6S/c1-18(2)15-25(29(42)38-24(16-20-13-14-36-28(20)41)26(40)30(43)37-23-11-12-23)46-39-31(44)45-27(19-7-4-3-5-8-19)32(34,35)21-9-6-10-22(33)17-21/h3-10,17-18,20,23-25,27H,11-16H2,1-2H3,(H,36,41)(H,37,43)(H,38,42)(H,39,44)/t20-,24-,25-,27+/m0/s1. The number of carbonyl (C=O) groups is 5. The smallest absolute Gasteiger partial charge is 0.418 e. The molecule has 14 heteroatoms. The number of benzene rings is 2. The zero-order valence-electron chi connectivity index (χ0n) is 25.4. The Kier molecular flexibility index (Phi) is 12.0. The van der Waals surface area contributed by atoms with Crippen molar-refractivity contribution in [2.24, 2.45) is 11.8 Å². The predicted octanol–water partition coefficient (Wildman–Crippen LogP) is 4.82. The fraction of sp³-hybridized carbons (Fsp3) is 0.469. The van der Waals surface area contributed by atoms with Crippen molar-refractivity contribution in [3.63, 3.8) is 0 Å². The van der Waals surface area contributed by atoms with Gasteiger partial charge in [0.05, 0.1) is 6.04 Å². The Hall–Kier alpha value is -3.71. The molecule has 0 aromatic heterocycles. The average molecular weight is 679 g/mol. The first-order valence-corrected chi connectivity index (χ1v) is 16.3. The van der Waals surface area contributed by atoms with Crippen LogP contribution in [-0.4, -0.2) is 53.5 Å². The van der Waals surface area contributed by atoms with Gasteiger partial charge >= 0.3 is 12.0 Å². The number of ether oxygens (including phenoxy) is 1. The highest BCUT2D eigenvalue weighted by Crippen LogP contribution is 2.43. The molecule has 2 aliphatic rings. The number of alkyl halides is 2. The van der Waals surface area contributed by atoms with E-state index in [9.17, 15) is 24.0 Å². The van der Waals surface area contributed by atoms with E-state index in [1.165, 1.54) is 42.5 Å². The normalized spacial score (nSPS) is 18.2. The first-order valence-electron chi connectivity index (χ1n) is 15.1. The molecule has 2 fully saturated rings. The van der Waals surface area contributed by atoms with E-state index in [0.717, 1.165) is 18.9 Å². The van der Waals surface area contributed by atoms with Crippen LogP contribution < -0.4 is 20.7 Å². The minimum atomic E-state index is -3.68. The highest BCUT2D eigenvalue weighted by Gasteiger charge is 2.46. The monoisotopic (exact) mass is 678 g/mol. The third-order valence-electron chi connectivity index (χ3n) is 7.58. The van der Waals surface area contributed by atoms with Gasteiger partial charge in [-0.2, -0.15) is 8.78 Å². The van der Waals surface area contributed by atoms with E-state index in [1.807, 2.05) is 13.8 Å². The molecule has 1 saturated heterocycles. The molecule has 1 saturated carbocycles. The van der Waals surface area contributed by atoms with Crippen LogP contribution in [0.2, 0.25) is 5.02 Å². The summed E-state index contributed by atoms with van der Waals surface area (Å²) < 4.78 is 39.2. The molecular weight excluding hydrogens is 642 g/mol. The van der Waals surface area contributed by atoms with Crippen LogP contribution in [0.1, 0.15) is 63.2 Å². The van der Waals surface area contributed by atoms with Crippen LogP contribution in [0, 0.1) is 11.8 Å². The van der Waals surface area contributed by atoms with Gasteiger partial charge in [-0.25, -0.2) is 4.79 Å². The van der Waals surface area contributed by atoms with Gasteiger partial charge in [0.15, 0.2) is 6.10 Å². The SMILES string of the molecule is CC(C)C[C@H](SNC(=O)O[C@H](c1ccccc1)C(F)(F)c1cccc(Cl)c1)C(=O)N[C@@H](C[C@@H]1CCNC1=O)C(=O)C(=O)NC1CC1. The van der Waals surface area contributed by atoms with Gasteiger partial charge in [0, 0.05) is 29.1 Å². The number of nitrogens with one attached hydrogen (secondary N) is 4. The summed E-state index contributed by atoms with van der Waals surface area (Å²) >= 11 is 6.60. The number of rotatable bonds is 15. The van der Waals surface area contributed by atoms with Crippen molar-refractivity contribution in [2.45, 2.75) is 75.3 Å². The first kappa shape index (κ1) is 35.1. The summed E-state index contributed by atoms with van der Waals surface area (Å²) in [5.41, 5.74) is -0.422. The first-order chi connectivity index (χ1) is 21.8. The van der Waals surface area contributed by atoms with Gasteiger partial charge in [-0.05, 0) is 67.7 Å². The lowest BCUT2D eigenvalue weighted by Gasteiger charge is -2.28. The van der Waals surface area contributed by atoms with Crippen molar-refractivity contribution in [1.82, 2.24) is 20.7 Å². The van der Waals surface area contributed by atoms with Gasteiger partial charge in [0.2, 0.25) is 17.6 Å². The lowest BCUT2D eigenvalue weighted by Crippen LogP contribution is -2.51. The van der Waals surface area contributed by atoms with Crippen LogP contribution >= 0.6 is 23.5 Å². The molecule has 1 aliphatic carbocycles. The largest absolute Gasteiger partial charge is 0.434 e. The molecule has 2 aromatic carbocycles. The Morgan fingerprint density at radius 2 is 1.78 bits per heavy atom. The summed E-state index contributed by atoms with van der Waals surface area (Å²) in [6.45, 7) is 4.10. The second-order valence-electron chi connectivity index (χ2n) is 11.9. The van der Waals surface area contributed by atoms with E-state index >= 15 is 8.78 Å². The molecule has 0 unspecified atom stereocenters. The zero-order valence-corrected chi connectivity index (χ0v) is 27.0. The van der Waals surface area contributed by atoms with Gasteiger partial charge < -0.3 is 20.7 Å². The van der Waals surface area contributed by atoms with Crippen LogP contribution in [0.25, 0.3) is 0 Å². The molecule has 4 rings (SSSR count). The second-order valence-corrected chi connectivity index (χ2v) is 13.3. The number of halogens is 3. The molecule has 10 nitrogen and oxygen atoms in total. The van der Waals surface area contributed by atoms with Crippen LogP contribution in [0.15, 0.2) is 54.6 Å². The molecule has 0 spiro atoms. The quantitative estimate of drug-likeness (QED) is 0.156. The maximum Gasteiger partial charge on any atom is 0.418 e. The zero-order chi connectivity index (χ0) is 33.4. The summed E-state index contributed by atoms with van der Waals surface area (Å²) in [6.07, 6.45) is -1.14. The molecule has 2 aromatic rings. The molecule has 4 amide bonds. The number of hydrogen-bond acceptors (Lipinski definition) is 7. The lowest BCUT2D eigenvalue weighted by molar-refractivity contribution is -0.140. The second kappa shape index (κ2) is 15.7. The molecule has 0 bridgehead atoms. The average Bonchev–Trinajstić information content (AvgIpc) is 3.75. The van der Waals surface area contributed by atoms with Crippen LogP contribution in [0.4, 0.5) is 13.6 Å². The highest BCUT2D eigenvalue weighted by molar-refractivity contribution is 7.99. The Bertz CT molecular complexity index is 1430. The van der Waals surface area contributed by atoms with Crippen molar-refractivity contribution >= 4 is 53.1 Å². The van der Waals surface area contributed by atoms with Crippen molar-refractivity contribution in [3.05, 3.63) is 70.7 Å². The number of hydrogen-bond donors (Lipinski definition) is 4. The molecule has 4 atom stereocenters. The maximum atomic E-state index is 15.8. The molecule has 1 heterocycles. The maximum absolute atomic E-state index is 15.8. The number of amides is 4. The minimum absolute atomic E-state index is 0.0332. The topological polar surface area (TPSA) is 143 Å². The van der Waals surface area contributed by atoms with Gasteiger partial charge in [-0.15, -0.1) is 0 Å². The Labute approximate surface area is 275 Å². The summed E-state index contributed by atoms with van der Waals surface area (Å²) in [4.78, 5) is 64.4. The van der Waals surface area contributed by atoms with Crippen LogP contribution in [0.3, 0.4) is 0 Å². The lowest BCUT2D eigenvalue weighted by atomic mass is 9.95. The predicted molar refractivity (Wildman–Crippen MR) is 169 cm³/mol. The molecule has 4 N–H and O–H groups in total. The molecular formula is C32H37ClF2N4O6S. The number of Topliss-reactive ketones (excluding diaryl/α,β-unsaturated/α-hetero) is 1. The summed E-state index contributed by atoms with van der Waals surface area (Å²) in [7, 11) is 0. The summed E-state index contributed by atoms with van der Waals surface area (Å²) in [5.74, 6) is -6.94. The van der Waals surface area contributed by atoms with Gasteiger partial charge in [-0.1, -0.05) is 67.9 Å². The van der Waals surface area contributed by atoms with Crippen molar-refractivity contribution in [3.8, 4) is 0 Å². The highest BCUT2D eigenvalue weighted by atomic mass is 35.5. The summed E-state index contributed by atoms with van der Waals surface area (Å²) in [5, 5.41) is 7.00. The van der Waals surface area contributed by atoms with E-state index in [2.05, 4.69) is 20.7 Å². The van der Waals surface area contributed by atoms with Gasteiger partial charge in [-0.3, -0.25) is 23.9 Å². The van der Waals surface area contributed by atoms with Crippen molar-refractivity contribution in [1.29, 1.82) is 0 Å². The molecule has 0 radical (unpaired) electrons. The van der Waals surface area contributed by atoms with Crippen molar-refractivity contribution in [2.75, 3.05) is 6.54 Å². The third-order valence-corrected chi connectivity index (χ3v) is 8.79. The van der Waals surface area contributed by atoms with E-state index < -0.39 is 58.5 Å². The van der Waals surface area contributed by atoms with Gasteiger partial charge in [0.25, 0.3) is 5.91 Å². The fourth-order valence-corrected chi connectivity index (χ4v) is 6.14. The van der Waals surface area contributed by atoms with Gasteiger partial charge in [0.1, 0.15) is 5.25 Å². The number of carbonyl (C=O) groups excluding carboxylic acids is 5. The van der Waals surface area contributed by atoms with Crippen molar-refractivity contribution < 1.29 is 37.5 Å². The van der Waals surface area contributed by atoms with Crippen LogP contribution in [-0.2, 0) is 29.8 Å². The Balaban J connectivity index is 1.47. The Morgan fingerprint density at radius 3 is 2.39 bits per heavy atom. The minimum Gasteiger partial charge on any atom is -0.434 e. The van der Waals surface area contributed by atoms with E-state index in [1.54, 1.807) is 6.07 Å². The Morgan fingerprint density at radius 1 is 1.07 bits per heavy atom. The van der Waals surface area contributed by atoms with Crippen LogP contribution in [0.5, 0.6) is 0 Å². The summed E-state index contributed by atoms with van der Waals surface area (Å²) in [6, 6.07) is 11.2. The molecule has 248 valence electrons. The van der Waals surface area contributed by atoms with E-state index in [4.69, 9.17) is 16.3 Å². The van der Waals surface area contributed by atoms with E-state index in [-0.39, 0.29) is 41.3 Å². The molecule has 46 heavy (non-hydrogen) atoms. The van der Waals surface area contributed by atoms with E-state index in [0.29, 0.717) is 24.9 Å². The third kappa shape index (κ3) is 9.65. The molecule has 1 aliphatic heterocycles. The number of ketones is 1. The fourth-order valence-electron chi connectivity index (χ4n) is 5.01.